The third kappa shape index (κ3) is 6.56. The first-order chi connectivity index (χ1) is 7.78. The summed E-state index contributed by atoms with van der Waals surface area (Å²) in [4.78, 5) is 10.2. The van der Waals surface area contributed by atoms with Gasteiger partial charge >= 0.3 is 0 Å². The Morgan fingerprint density at radius 3 is 2.11 bits per heavy atom. The van der Waals surface area contributed by atoms with Gasteiger partial charge in [0.2, 0.25) is 0 Å². The standard InChI is InChI=1S/C12H20NO2SSi.BrH/c1-16(10-17(2,3)4)9-11-5-7-12(8-6-11)13(14)15;/h5-8H,9-10H2,1-4H3;1H/q+1;/p-1. The average molecular weight is 350 g/mol. The average Bonchev–Trinajstić information content (AvgIpc) is 2.15. The van der Waals surface area contributed by atoms with Gasteiger partial charge in [-0.1, -0.05) is 19.6 Å². The van der Waals surface area contributed by atoms with Crippen LogP contribution in [0.15, 0.2) is 24.3 Å². The zero-order valence-corrected chi connectivity index (χ0v) is 14.7. The number of nitro benzene ring substituents is 1. The quantitative estimate of drug-likeness (QED) is 0.330. The molecule has 0 fully saturated rings. The molecule has 1 aromatic carbocycles. The van der Waals surface area contributed by atoms with Crippen molar-refractivity contribution in [2.75, 3.05) is 11.6 Å². The number of hydrogen-bond acceptors (Lipinski definition) is 2. The molecule has 0 bridgehead atoms. The Kier molecular flexibility index (Phi) is 7.17. The molecular weight excluding hydrogens is 330 g/mol. The topological polar surface area (TPSA) is 43.1 Å². The van der Waals surface area contributed by atoms with Crippen molar-refractivity contribution < 1.29 is 21.9 Å². The lowest BCUT2D eigenvalue weighted by molar-refractivity contribution is -0.384. The van der Waals surface area contributed by atoms with Crippen LogP contribution in [0.4, 0.5) is 5.69 Å². The fourth-order valence-corrected chi connectivity index (χ4v) is 8.87. The maximum absolute atomic E-state index is 10.5. The fraction of sp³-hybridized carbons (Fsp3) is 0.500. The van der Waals surface area contributed by atoms with Gasteiger partial charge in [-0.25, -0.2) is 0 Å². The van der Waals surface area contributed by atoms with Crippen LogP contribution in [0.5, 0.6) is 0 Å². The molecule has 1 rings (SSSR count). The van der Waals surface area contributed by atoms with Gasteiger partial charge in [0.15, 0.2) is 0 Å². The van der Waals surface area contributed by atoms with E-state index in [2.05, 4.69) is 25.9 Å². The zero-order chi connectivity index (χ0) is 13.1. The van der Waals surface area contributed by atoms with Crippen molar-refractivity contribution in [1.29, 1.82) is 0 Å². The Labute approximate surface area is 123 Å². The molecule has 0 heterocycles. The second-order valence-electron chi connectivity index (χ2n) is 5.55. The van der Waals surface area contributed by atoms with Gasteiger partial charge in [-0.15, -0.1) is 0 Å². The largest absolute Gasteiger partial charge is 1.00 e. The van der Waals surface area contributed by atoms with Crippen LogP contribution in [-0.2, 0) is 16.6 Å². The maximum atomic E-state index is 10.5. The minimum absolute atomic E-state index is 0. The van der Waals surface area contributed by atoms with Crippen molar-refractivity contribution in [3.05, 3.63) is 39.9 Å². The highest BCUT2D eigenvalue weighted by Gasteiger charge is 2.24. The molecule has 1 aromatic rings. The fourth-order valence-electron chi connectivity index (χ4n) is 1.79. The van der Waals surface area contributed by atoms with Gasteiger partial charge in [0.25, 0.3) is 5.69 Å². The monoisotopic (exact) mass is 349 g/mol. The Balaban J connectivity index is 0.00000289. The minimum atomic E-state index is -0.999. The van der Waals surface area contributed by atoms with Crippen LogP contribution in [0.25, 0.3) is 0 Å². The number of non-ortho nitro benzene ring substituents is 1. The van der Waals surface area contributed by atoms with Gasteiger partial charge in [0, 0.05) is 17.7 Å². The Bertz CT molecular complexity index is 392. The third-order valence-corrected chi connectivity index (χ3v) is 8.50. The Hall–Kier alpha value is -0.333. The first-order valence-corrected chi connectivity index (χ1v) is 11.3. The van der Waals surface area contributed by atoms with E-state index in [0.29, 0.717) is 10.9 Å². The summed E-state index contributed by atoms with van der Waals surface area (Å²) in [6.45, 7) is 7.14. The van der Waals surface area contributed by atoms with Gasteiger partial charge in [-0.3, -0.25) is 10.1 Å². The van der Waals surface area contributed by atoms with E-state index in [0.717, 1.165) is 5.75 Å². The molecule has 18 heavy (non-hydrogen) atoms. The van der Waals surface area contributed by atoms with Crippen molar-refractivity contribution in [1.82, 2.24) is 0 Å². The summed E-state index contributed by atoms with van der Waals surface area (Å²) in [7, 11) is -0.615. The molecule has 0 saturated carbocycles. The van der Waals surface area contributed by atoms with Gasteiger partial charge in [-0.2, -0.15) is 0 Å². The van der Waals surface area contributed by atoms with E-state index < -0.39 is 8.07 Å². The lowest BCUT2D eigenvalue weighted by atomic mass is 10.2. The first kappa shape index (κ1) is 17.7. The van der Waals surface area contributed by atoms with Crippen LogP contribution in [0, 0.1) is 10.1 Å². The van der Waals surface area contributed by atoms with Crippen LogP contribution in [0.2, 0.25) is 19.6 Å². The van der Waals surface area contributed by atoms with E-state index in [1.165, 1.54) is 10.9 Å². The summed E-state index contributed by atoms with van der Waals surface area (Å²) in [5.74, 6) is 1.04. The molecule has 3 nitrogen and oxygen atoms in total. The molecule has 1 atom stereocenters. The molecule has 0 aromatic heterocycles. The summed E-state index contributed by atoms with van der Waals surface area (Å²) in [5, 5.41) is 11.9. The number of nitrogens with zero attached hydrogens (tertiary/aromatic N) is 1. The van der Waals surface area contributed by atoms with Crippen molar-refractivity contribution >= 4 is 24.7 Å². The van der Waals surface area contributed by atoms with Crippen LogP contribution >= 0.6 is 0 Å². The summed E-state index contributed by atoms with van der Waals surface area (Å²) >= 11 is 0. The summed E-state index contributed by atoms with van der Waals surface area (Å²) in [6.07, 6.45) is 2.29. The summed E-state index contributed by atoms with van der Waals surface area (Å²) in [6, 6.07) is 6.96. The summed E-state index contributed by atoms with van der Waals surface area (Å²) in [5.41, 5.74) is 1.38. The van der Waals surface area contributed by atoms with Crippen molar-refractivity contribution in [2.45, 2.75) is 25.4 Å². The SMILES string of the molecule is C[S+](Cc1ccc([N+](=O)[O-])cc1)C[Si](C)(C)C.[Br-]. The number of benzene rings is 1. The van der Waals surface area contributed by atoms with Crippen molar-refractivity contribution in [2.24, 2.45) is 0 Å². The molecule has 1 unspecified atom stereocenters. The van der Waals surface area contributed by atoms with E-state index in [-0.39, 0.29) is 27.6 Å². The van der Waals surface area contributed by atoms with Gasteiger partial charge in [0.1, 0.15) is 13.8 Å². The molecule has 6 heteroatoms. The van der Waals surface area contributed by atoms with E-state index in [1.807, 2.05) is 12.1 Å². The number of hydrogen-bond donors (Lipinski definition) is 0. The van der Waals surface area contributed by atoms with Crippen LogP contribution in [0.3, 0.4) is 0 Å². The van der Waals surface area contributed by atoms with E-state index in [1.54, 1.807) is 12.1 Å². The highest BCUT2D eigenvalue weighted by Crippen LogP contribution is 2.16. The van der Waals surface area contributed by atoms with Crippen LogP contribution < -0.4 is 17.0 Å². The van der Waals surface area contributed by atoms with Crippen LogP contribution in [-0.4, -0.2) is 24.6 Å². The molecule has 0 radical (unpaired) electrons. The lowest BCUT2D eigenvalue weighted by Gasteiger charge is -2.14. The van der Waals surface area contributed by atoms with Gasteiger partial charge in [0.05, 0.1) is 16.6 Å². The highest BCUT2D eigenvalue weighted by molar-refractivity contribution is 7.97. The second-order valence-corrected chi connectivity index (χ2v) is 13.7. The van der Waals surface area contributed by atoms with E-state index in [4.69, 9.17) is 0 Å². The highest BCUT2D eigenvalue weighted by atomic mass is 79.9. The molecule has 0 aliphatic heterocycles. The molecule has 0 aliphatic rings. The minimum Gasteiger partial charge on any atom is -1.00 e. The maximum Gasteiger partial charge on any atom is 0.269 e. The lowest BCUT2D eigenvalue weighted by Crippen LogP contribution is -3.00. The predicted octanol–water partition coefficient (Wildman–Crippen LogP) is 0.224. The first-order valence-electron chi connectivity index (χ1n) is 5.60. The predicted molar refractivity (Wildman–Crippen MR) is 78.3 cm³/mol. The summed E-state index contributed by atoms with van der Waals surface area (Å²) < 4.78 is 0. The third-order valence-electron chi connectivity index (χ3n) is 2.24. The van der Waals surface area contributed by atoms with Crippen molar-refractivity contribution in [3.63, 3.8) is 0 Å². The second kappa shape index (κ2) is 7.30. The molecule has 0 amide bonds. The van der Waals surface area contributed by atoms with Crippen LogP contribution in [0.1, 0.15) is 5.56 Å². The number of nitro groups is 1. The molecule has 0 N–H and O–H groups in total. The van der Waals surface area contributed by atoms with Gasteiger partial charge in [-0.05, 0) is 23.0 Å². The molecular formula is C12H20BrNO2SSi. The normalized spacial score (nSPS) is 12.7. The molecule has 0 spiro atoms. The van der Waals surface area contributed by atoms with Crippen molar-refractivity contribution in [3.8, 4) is 0 Å². The van der Waals surface area contributed by atoms with E-state index in [9.17, 15) is 10.1 Å². The molecule has 102 valence electrons. The smallest absolute Gasteiger partial charge is 0.269 e. The molecule has 0 aliphatic carbocycles. The zero-order valence-electron chi connectivity index (χ0n) is 11.3. The Morgan fingerprint density at radius 2 is 1.72 bits per heavy atom. The number of halogens is 1. The number of rotatable bonds is 5. The Morgan fingerprint density at radius 1 is 1.22 bits per heavy atom. The van der Waals surface area contributed by atoms with E-state index >= 15 is 0 Å². The van der Waals surface area contributed by atoms with Gasteiger partial charge < -0.3 is 17.0 Å². The molecule has 0 saturated heterocycles.